The molecule has 1 unspecified atom stereocenters. The lowest BCUT2D eigenvalue weighted by molar-refractivity contribution is -0.131. The number of aromatic nitrogens is 4. The number of hydrogen-bond acceptors (Lipinski definition) is 3. The van der Waals surface area contributed by atoms with E-state index in [1.807, 2.05) is 29.2 Å². The van der Waals surface area contributed by atoms with E-state index in [1.165, 1.54) is 5.39 Å². The van der Waals surface area contributed by atoms with Crippen LogP contribution >= 0.6 is 0 Å². The number of carbonyl (C=O) groups is 1. The van der Waals surface area contributed by atoms with E-state index in [0.717, 1.165) is 66.2 Å². The van der Waals surface area contributed by atoms with Crippen molar-refractivity contribution in [1.29, 1.82) is 0 Å². The van der Waals surface area contributed by atoms with Crippen LogP contribution in [0.4, 0.5) is 0 Å². The van der Waals surface area contributed by atoms with Crippen LogP contribution in [0.15, 0.2) is 53.3 Å². The summed E-state index contributed by atoms with van der Waals surface area (Å²) < 4.78 is 1.66. The topological polar surface area (TPSA) is 86.8 Å². The van der Waals surface area contributed by atoms with Gasteiger partial charge in [-0.3, -0.25) is 4.79 Å². The molecule has 3 heterocycles. The highest BCUT2D eigenvalue weighted by Gasteiger charge is 2.36. The quantitative estimate of drug-likeness (QED) is 0.494. The number of amides is 1. The fourth-order valence-electron chi connectivity index (χ4n) is 5.04. The van der Waals surface area contributed by atoms with E-state index in [0.29, 0.717) is 18.2 Å². The number of nitrogens with zero attached hydrogens (tertiary/aromatic N) is 3. The lowest BCUT2D eigenvalue weighted by Crippen LogP contribution is -2.30. The molecular weight excluding hydrogens is 414 g/mol. The number of fused-ring (bicyclic) bond motifs is 1. The Bertz CT molecular complexity index is 1390. The van der Waals surface area contributed by atoms with Gasteiger partial charge in [0.15, 0.2) is 0 Å². The highest BCUT2D eigenvalue weighted by Crippen LogP contribution is 2.33. The number of hydrogen-bond donors (Lipinski definition) is 2. The Morgan fingerprint density at radius 2 is 1.85 bits per heavy atom. The summed E-state index contributed by atoms with van der Waals surface area (Å²) in [6.07, 6.45) is 3.71. The van der Waals surface area contributed by atoms with Crippen LogP contribution in [-0.2, 0) is 11.2 Å². The maximum Gasteiger partial charge on any atom is 0.347 e. The summed E-state index contributed by atoms with van der Waals surface area (Å²) >= 11 is 0. The number of H-pyrrole nitrogens is 2. The smallest absolute Gasteiger partial charge is 0.347 e. The van der Waals surface area contributed by atoms with Gasteiger partial charge in [0.25, 0.3) is 0 Å². The first-order chi connectivity index (χ1) is 16.0. The van der Waals surface area contributed by atoms with E-state index < -0.39 is 0 Å². The Hall–Kier alpha value is -3.61. The third-order valence-corrected chi connectivity index (χ3v) is 6.95. The summed E-state index contributed by atoms with van der Waals surface area (Å²) in [5, 5.41) is 8.11. The van der Waals surface area contributed by atoms with E-state index >= 15 is 0 Å². The molecule has 2 aromatic heterocycles. The van der Waals surface area contributed by atoms with E-state index in [1.54, 1.807) is 4.57 Å². The minimum Gasteiger partial charge on any atom is -0.359 e. The molecule has 7 nitrogen and oxygen atoms in total. The van der Waals surface area contributed by atoms with Gasteiger partial charge in [-0.1, -0.05) is 18.2 Å². The van der Waals surface area contributed by atoms with Crippen LogP contribution in [0.5, 0.6) is 0 Å². The molecule has 1 aliphatic heterocycles. The molecule has 2 N–H and O–H groups in total. The van der Waals surface area contributed by atoms with E-state index in [4.69, 9.17) is 0 Å². The second-order valence-electron chi connectivity index (χ2n) is 9.50. The minimum absolute atomic E-state index is 0.231. The monoisotopic (exact) mass is 441 g/mol. The van der Waals surface area contributed by atoms with Crippen LogP contribution in [0.3, 0.4) is 0 Å². The lowest BCUT2D eigenvalue weighted by Gasteiger charge is -2.16. The van der Waals surface area contributed by atoms with Crippen LogP contribution < -0.4 is 5.69 Å². The SMILES string of the molecule is Cc1cc2cc(-c3ccc(-n4c(CC5CCN(C(=O)C6CC6)C5)n[nH]c4=O)cc3)ccc2[nH]1. The molecule has 1 atom stereocenters. The molecule has 7 heteroatoms. The normalized spacial score (nSPS) is 18.3. The van der Waals surface area contributed by atoms with Crippen molar-refractivity contribution in [1.82, 2.24) is 24.6 Å². The van der Waals surface area contributed by atoms with Gasteiger partial charge in [-0.25, -0.2) is 14.5 Å². The Balaban J connectivity index is 1.22. The van der Waals surface area contributed by atoms with Crippen molar-refractivity contribution >= 4 is 16.8 Å². The maximum atomic E-state index is 12.6. The van der Waals surface area contributed by atoms with Crippen LogP contribution in [0.25, 0.3) is 27.7 Å². The van der Waals surface area contributed by atoms with Gasteiger partial charge < -0.3 is 9.88 Å². The Kier molecular flexibility index (Phi) is 4.71. The van der Waals surface area contributed by atoms with E-state index in [2.05, 4.69) is 46.4 Å². The predicted octanol–water partition coefficient (Wildman–Crippen LogP) is 3.82. The molecule has 0 radical (unpaired) electrons. The highest BCUT2D eigenvalue weighted by molar-refractivity contribution is 5.86. The number of likely N-dealkylation sites (tertiary alicyclic amines) is 1. The second kappa shape index (κ2) is 7.76. The van der Waals surface area contributed by atoms with Gasteiger partial charge in [-0.15, -0.1) is 0 Å². The zero-order valence-electron chi connectivity index (χ0n) is 18.7. The first-order valence-corrected chi connectivity index (χ1v) is 11.7. The zero-order valence-corrected chi connectivity index (χ0v) is 18.7. The molecule has 1 saturated carbocycles. The number of aryl methyl sites for hydroxylation is 1. The van der Waals surface area contributed by atoms with Gasteiger partial charge in [0.2, 0.25) is 5.91 Å². The number of carbonyl (C=O) groups excluding carboxylic acids is 1. The Labute approximate surface area is 191 Å². The standard InChI is InChI=1S/C26H27N5O2/c1-16-12-21-14-20(6-9-23(21)27-16)18-4-7-22(8-5-18)31-24(28-29-26(31)33)13-17-10-11-30(15-17)25(32)19-2-3-19/h4-9,12,14,17,19,27H,2-3,10-11,13,15H2,1H3,(H,29,33). The lowest BCUT2D eigenvalue weighted by atomic mass is 10.0. The molecule has 0 spiro atoms. The van der Waals surface area contributed by atoms with Gasteiger partial charge in [0.1, 0.15) is 5.82 Å². The van der Waals surface area contributed by atoms with Crippen molar-refractivity contribution in [3.05, 3.63) is 70.5 Å². The molecule has 2 fully saturated rings. The number of aromatic amines is 2. The van der Waals surface area contributed by atoms with Gasteiger partial charge in [-0.2, -0.15) is 5.10 Å². The zero-order chi connectivity index (χ0) is 22.5. The number of nitrogens with one attached hydrogen (secondary N) is 2. The average molecular weight is 442 g/mol. The molecule has 2 aromatic carbocycles. The predicted molar refractivity (Wildman–Crippen MR) is 127 cm³/mol. The molecule has 1 aliphatic carbocycles. The molecule has 168 valence electrons. The first kappa shape index (κ1) is 20.0. The number of benzene rings is 2. The summed E-state index contributed by atoms with van der Waals surface area (Å²) in [7, 11) is 0. The van der Waals surface area contributed by atoms with Crippen LogP contribution in [0.1, 0.15) is 30.8 Å². The van der Waals surface area contributed by atoms with Crippen LogP contribution in [-0.4, -0.2) is 43.6 Å². The molecule has 1 amide bonds. The van der Waals surface area contributed by atoms with Crippen LogP contribution in [0, 0.1) is 18.8 Å². The minimum atomic E-state index is -0.231. The molecule has 33 heavy (non-hydrogen) atoms. The average Bonchev–Trinajstić information content (AvgIpc) is 3.28. The highest BCUT2D eigenvalue weighted by atomic mass is 16.2. The first-order valence-electron chi connectivity index (χ1n) is 11.7. The summed E-state index contributed by atoms with van der Waals surface area (Å²) in [6.45, 7) is 3.63. The van der Waals surface area contributed by atoms with E-state index in [9.17, 15) is 9.59 Å². The van der Waals surface area contributed by atoms with Crippen molar-refractivity contribution in [3.8, 4) is 16.8 Å². The summed E-state index contributed by atoms with van der Waals surface area (Å²) in [5.41, 5.74) is 5.08. The Morgan fingerprint density at radius 1 is 1.06 bits per heavy atom. The summed E-state index contributed by atoms with van der Waals surface area (Å²) in [4.78, 5) is 30.3. The van der Waals surface area contributed by atoms with Crippen molar-refractivity contribution in [2.24, 2.45) is 11.8 Å². The van der Waals surface area contributed by atoms with Crippen molar-refractivity contribution in [3.63, 3.8) is 0 Å². The molecule has 4 aromatic rings. The molecule has 6 rings (SSSR count). The van der Waals surface area contributed by atoms with Gasteiger partial charge in [0, 0.05) is 42.0 Å². The fraction of sp³-hybridized carbons (Fsp3) is 0.346. The van der Waals surface area contributed by atoms with Crippen molar-refractivity contribution < 1.29 is 4.79 Å². The van der Waals surface area contributed by atoms with Gasteiger partial charge in [0.05, 0.1) is 5.69 Å². The fourth-order valence-corrected chi connectivity index (χ4v) is 5.04. The summed E-state index contributed by atoms with van der Waals surface area (Å²) in [5.74, 6) is 1.62. The third kappa shape index (κ3) is 3.77. The van der Waals surface area contributed by atoms with Gasteiger partial charge >= 0.3 is 5.69 Å². The molecular formula is C26H27N5O2. The largest absolute Gasteiger partial charge is 0.359 e. The molecule has 1 saturated heterocycles. The number of rotatable bonds is 5. The van der Waals surface area contributed by atoms with Crippen LogP contribution in [0.2, 0.25) is 0 Å². The van der Waals surface area contributed by atoms with Crippen molar-refractivity contribution in [2.75, 3.05) is 13.1 Å². The Morgan fingerprint density at radius 3 is 2.64 bits per heavy atom. The van der Waals surface area contributed by atoms with Crippen molar-refractivity contribution in [2.45, 2.75) is 32.6 Å². The molecule has 2 aliphatic rings. The summed E-state index contributed by atoms with van der Waals surface area (Å²) in [6, 6.07) is 16.6. The van der Waals surface area contributed by atoms with E-state index in [-0.39, 0.29) is 11.6 Å². The second-order valence-corrected chi connectivity index (χ2v) is 9.50. The third-order valence-electron chi connectivity index (χ3n) is 6.95. The molecule has 0 bridgehead atoms. The van der Waals surface area contributed by atoms with Gasteiger partial charge in [-0.05, 0) is 73.6 Å². The maximum absolute atomic E-state index is 12.6.